The van der Waals surface area contributed by atoms with Gasteiger partial charge in [0.15, 0.2) is 0 Å². The molecule has 3 N–H and O–H groups in total. The highest BCUT2D eigenvalue weighted by Gasteiger charge is 2.21. The highest BCUT2D eigenvalue weighted by molar-refractivity contribution is 5.87. The summed E-state index contributed by atoms with van der Waals surface area (Å²) in [5.41, 5.74) is 5.44. The van der Waals surface area contributed by atoms with Gasteiger partial charge in [-0.3, -0.25) is 9.59 Å². The van der Waals surface area contributed by atoms with Crippen molar-refractivity contribution in [3.8, 4) is 0 Å². The second-order valence-electron chi connectivity index (χ2n) is 3.25. The van der Waals surface area contributed by atoms with Crippen LogP contribution in [0, 0.1) is 0 Å². The molecular weight excluding hydrogens is 170 g/mol. The number of amides is 2. The summed E-state index contributed by atoms with van der Waals surface area (Å²) in [6.07, 6.45) is 0.796. The molecule has 5 nitrogen and oxygen atoms in total. The van der Waals surface area contributed by atoms with Crippen LogP contribution in [0.5, 0.6) is 0 Å². The maximum Gasteiger partial charge on any atom is 0.239 e. The van der Waals surface area contributed by atoms with E-state index in [1.54, 1.807) is 6.92 Å². The van der Waals surface area contributed by atoms with Gasteiger partial charge in [0.1, 0.15) is 0 Å². The van der Waals surface area contributed by atoms with Crippen molar-refractivity contribution < 1.29 is 9.59 Å². The van der Waals surface area contributed by atoms with Crippen molar-refractivity contribution in [2.45, 2.75) is 19.4 Å². The lowest BCUT2D eigenvalue weighted by Crippen LogP contribution is -2.44. The highest BCUT2D eigenvalue weighted by Crippen LogP contribution is 1.98. The van der Waals surface area contributed by atoms with E-state index >= 15 is 0 Å². The third-order valence-electron chi connectivity index (χ3n) is 1.96. The van der Waals surface area contributed by atoms with Crippen LogP contribution in [0.4, 0.5) is 0 Å². The van der Waals surface area contributed by atoms with Crippen molar-refractivity contribution in [3.63, 3.8) is 0 Å². The fraction of sp³-hybridized carbons (Fsp3) is 0.750. The Hall–Kier alpha value is -1.10. The predicted molar refractivity (Wildman–Crippen MR) is 47.9 cm³/mol. The van der Waals surface area contributed by atoms with Crippen LogP contribution < -0.4 is 11.1 Å². The number of carbonyl (C=O) groups excluding carboxylic acids is 2. The van der Waals surface area contributed by atoms with Gasteiger partial charge in [-0.1, -0.05) is 0 Å². The molecule has 0 saturated carbocycles. The van der Waals surface area contributed by atoms with Gasteiger partial charge in [-0.25, -0.2) is 0 Å². The number of hydrogen-bond acceptors (Lipinski definition) is 3. The number of carbonyl (C=O) groups is 2. The van der Waals surface area contributed by atoms with Gasteiger partial charge in [-0.2, -0.15) is 0 Å². The minimum Gasteiger partial charge on any atom is -0.354 e. The van der Waals surface area contributed by atoms with E-state index in [9.17, 15) is 9.59 Å². The molecule has 1 heterocycles. The molecule has 2 amide bonds. The molecule has 0 unspecified atom stereocenters. The van der Waals surface area contributed by atoms with Crippen molar-refractivity contribution in [2.24, 2.45) is 5.73 Å². The summed E-state index contributed by atoms with van der Waals surface area (Å²) in [5, 5.41) is 2.69. The molecule has 13 heavy (non-hydrogen) atoms. The molecule has 5 heteroatoms. The lowest BCUT2D eigenvalue weighted by Gasteiger charge is -2.20. The van der Waals surface area contributed by atoms with E-state index in [1.165, 1.54) is 4.90 Å². The first-order chi connectivity index (χ1) is 6.11. The molecule has 0 radical (unpaired) electrons. The minimum atomic E-state index is -0.522. The molecular formula is C8H15N3O2. The SMILES string of the molecule is C[C@@H](N)C(=O)N1CCCNC(=O)C1. The third kappa shape index (κ3) is 2.69. The van der Waals surface area contributed by atoms with Crippen molar-refractivity contribution in [1.29, 1.82) is 0 Å². The summed E-state index contributed by atoms with van der Waals surface area (Å²) in [5.74, 6) is -0.261. The van der Waals surface area contributed by atoms with Crippen LogP contribution in [-0.2, 0) is 9.59 Å². The van der Waals surface area contributed by atoms with Crippen molar-refractivity contribution in [1.82, 2.24) is 10.2 Å². The molecule has 0 aromatic carbocycles. The molecule has 0 spiro atoms. The van der Waals surface area contributed by atoms with Gasteiger partial charge in [-0.15, -0.1) is 0 Å². The Labute approximate surface area is 77.3 Å². The van der Waals surface area contributed by atoms with E-state index in [0.717, 1.165) is 6.42 Å². The molecule has 0 aliphatic carbocycles. The number of nitrogens with zero attached hydrogens (tertiary/aromatic N) is 1. The third-order valence-corrected chi connectivity index (χ3v) is 1.96. The van der Waals surface area contributed by atoms with Crippen LogP contribution in [0.25, 0.3) is 0 Å². The highest BCUT2D eigenvalue weighted by atomic mass is 16.2. The van der Waals surface area contributed by atoms with E-state index in [0.29, 0.717) is 13.1 Å². The first-order valence-corrected chi connectivity index (χ1v) is 4.42. The lowest BCUT2D eigenvalue weighted by molar-refractivity contribution is -0.135. The van der Waals surface area contributed by atoms with Gasteiger partial charge in [0, 0.05) is 13.1 Å². The van der Waals surface area contributed by atoms with Crippen molar-refractivity contribution in [2.75, 3.05) is 19.6 Å². The predicted octanol–water partition coefficient (Wildman–Crippen LogP) is -1.32. The molecule has 0 bridgehead atoms. The fourth-order valence-electron chi connectivity index (χ4n) is 1.28. The smallest absolute Gasteiger partial charge is 0.239 e. The van der Waals surface area contributed by atoms with Crippen LogP contribution in [0.1, 0.15) is 13.3 Å². The van der Waals surface area contributed by atoms with Gasteiger partial charge in [-0.05, 0) is 13.3 Å². The Morgan fingerprint density at radius 3 is 3.00 bits per heavy atom. The van der Waals surface area contributed by atoms with Gasteiger partial charge >= 0.3 is 0 Å². The topological polar surface area (TPSA) is 75.4 Å². The molecule has 1 rings (SSSR count). The summed E-state index contributed by atoms with van der Waals surface area (Å²) >= 11 is 0. The monoisotopic (exact) mass is 185 g/mol. The van der Waals surface area contributed by atoms with Crippen LogP contribution in [0.3, 0.4) is 0 Å². The van der Waals surface area contributed by atoms with Crippen LogP contribution >= 0.6 is 0 Å². The first-order valence-electron chi connectivity index (χ1n) is 4.42. The normalized spacial score (nSPS) is 20.5. The van der Waals surface area contributed by atoms with E-state index in [1.807, 2.05) is 0 Å². The zero-order valence-electron chi connectivity index (χ0n) is 7.75. The van der Waals surface area contributed by atoms with E-state index in [-0.39, 0.29) is 18.4 Å². The maximum absolute atomic E-state index is 11.4. The quantitative estimate of drug-likeness (QED) is 0.532. The standard InChI is InChI=1S/C8H15N3O2/c1-6(9)8(13)11-4-2-3-10-7(12)5-11/h6H,2-5,9H2,1H3,(H,10,12)/t6-/m1/s1. The number of nitrogens with two attached hydrogens (primary N) is 1. The van der Waals surface area contributed by atoms with Gasteiger partial charge in [0.2, 0.25) is 11.8 Å². The van der Waals surface area contributed by atoms with E-state index < -0.39 is 6.04 Å². The van der Waals surface area contributed by atoms with Gasteiger partial charge in [0.25, 0.3) is 0 Å². The molecule has 0 aromatic rings. The average Bonchev–Trinajstić information content (AvgIpc) is 2.28. The van der Waals surface area contributed by atoms with Crippen molar-refractivity contribution >= 4 is 11.8 Å². The fourth-order valence-corrected chi connectivity index (χ4v) is 1.28. The Bertz CT molecular complexity index is 215. The second kappa shape index (κ2) is 4.23. The molecule has 1 aliphatic heterocycles. The average molecular weight is 185 g/mol. The molecule has 1 aliphatic rings. The maximum atomic E-state index is 11.4. The second-order valence-corrected chi connectivity index (χ2v) is 3.25. The first kappa shape index (κ1) is 9.98. The Morgan fingerprint density at radius 1 is 1.69 bits per heavy atom. The Morgan fingerprint density at radius 2 is 2.38 bits per heavy atom. The number of nitrogens with one attached hydrogen (secondary N) is 1. The summed E-state index contributed by atoms with van der Waals surface area (Å²) in [6, 6.07) is -0.522. The Balaban J connectivity index is 2.57. The van der Waals surface area contributed by atoms with Crippen LogP contribution in [0.15, 0.2) is 0 Å². The molecule has 74 valence electrons. The lowest BCUT2D eigenvalue weighted by atomic mass is 10.3. The zero-order chi connectivity index (χ0) is 9.84. The zero-order valence-corrected chi connectivity index (χ0v) is 7.75. The molecule has 1 saturated heterocycles. The van der Waals surface area contributed by atoms with Gasteiger partial charge < -0.3 is 16.0 Å². The van der Waals surface area contributed by atoms with E-state index in [2.05, 4.69) is 5.32 Å². The number of rotatable bonds is 1. The molecule has 0 aromatic heterocycles. The summed E-state index contributed by atoms with van der Waals surface area (Å²) in [6.45, 7) is 3.02. The molecule has 1 atom stereocenters. The van der Waals surface area contributed by atoms with Gasteiger partial charge in [0.05, 0.1) is 12.6 Å². The van der Waals surface area contributed by atoms with Crippen LogP contribution in [-0.4, -0.2) is 42.4 Å². The molecule has 1 fully saturated rings. The summed E-state index contributed by atoms with van der Waals surface area (Å²) in [4.78, 5) is 24.0. The largest absolute Gasteiger partial charge is 0.354 e. The minimum absolute atomic E-state index is 0.105. The van der Waals surface area contributed by atoms with Crippen LogP contribution in [0.2, 0.25) is 0 Å². The van der Waals surface area contributed by atoms with E-state index in [4.69, 9.17) is 5.73 Å². The summed E-state index contributed by atoms with van der Waals surface area (Å²) < 4.78 is 0. The number of hydrogen-bond donors (Lipinski definition) is 2. The Kier molecular flexibility index (Phi) is 3.25. The summed E-state index contributed by atoms with van der Waals surface area (Å²) in [7, 11) is 0. The van der Waals surface area contributed by atoms with Crippen molar-refractivity contribution in [3.05, 3.63) is 0 Å².